The molecule has 0 radical (unpaired) electrons. The molecule has 2 aromatic rings. The fourth-order valence-electron chi connectivity index (χ4n) is 2.07. The van der Waals surface area contributed by atoms with E-state index in [0.29, 0.717) is 5.56 Å². The van der Waals surface area contributed by atoms with Crippen LogP contribution in [0.15, 0.2) is 41.1 Å². The summed E-state index contributed by atoms with van der Waals surface area (Å²) < 4.78 is 51.1. The Kier molecular flexibility index (Phi) is 5.53. The molecule has 0 spiro atoms. The number of aromatic nitrogens is 1. The van der Waals surface area contributed by atoms with E-state index in [2.05, 4.69) is 9.72 Å². The van der Waals surface area contributed by atoms with E-state index < -0.39 is 29.5 Å². The Hall–Kier alpha value is -3.04. The molecule has 2 N–H and O–H groups in total. The molecule has 0 unspecified atom stereocenters. The van der Waals surface area contributed by atoms with Gasteiger partial charge in [-0.2, -0.15) is 13.2 Å². The lowest BCUT2D eigenvalue weighted by molar-refractivity contribution is -0.204. The van der Waals surface area contributed by atoms with E-state index in [-0.39, 0.29) is 12.4 Å². The van der Waals surface area contributed by atoms with E-state index in [9.17, 15) is 22.8 Å². The number of nitrogens with zero attached hydrogens (tertiary/aromatic N) is 1. The molecule has 10 heteroatoms. The number of rotatable bonds is 6. The largest absolute Gasteiger partial charge is 0.463 e. The Bertz CT molecular complexity index is 777. The summed E-state index contributed by atoms with van der Waals surface area (Å²) in [5.74, 6) is -3.65. The second-order valence-corrected chi connectivity index (χ2v) is 5.24. The van der Waals surface area contributed by atoms with Gasteiger partial charge in [0.1, 0.15) is 5.82 Å². The monoisotopic (exact) mass is 371 g/mol. The van der Waals surface area contributed by atoms with E-state index in [1.807, 2.05) is 5.32 Å². The predicted molar refractivity (Wildman–Crippen MR) is 84.2 cm³/mol. The smallest absolute Gasteiger partial charge is 0.441 e. The number of esters is 1. The van der Waals surface area contributed by atoms with Crippen molar-refractivity contribution in [1.29, 1.82) is 0 Å². The average Bonchev–Trinajstić information content (AvgIpc) is 3.07. The van der Waals surface area contributed by atoms with Gasteiger partial charge in [-0.25, -0.2) is 9.78 Å². The number of carbonyl (C=O) groups is 2. The summed E-state index contributed by atoms with van der Waals surface area (Å²) >= 11 is 0. The van der Waals surface area contributed by atoms with Crippen molar-refractivity contribution in [3.63, 3.8) is 0 Å². The molecule has 0 aromatic carbocycles. The third-order valence-electron chi connectivity index (χ3n) is 3.28. The second kappa shape index (κ2) is 7.46. The second-order valence-electron chi connectivity index (χ2n) is 5.24. The summed E-state index contributed by atoms with van der Waals surface area (Å²) in [7, 11) is 0. The molecule has 7 nitrogen and oxygen atoms in total. The number of anilines is 1. The Balaban J connectivity index is 2.49. The molecule has 0 saturated carbocycles. The highest BCUT2D eigenvalue weighted by atomic mass is 19.4. The van der Waals surface area contributed by atoms with Gasteiger partial charge in [0.2, 0.25) is 0 Å². The SMILES string of the molecule is CCOC(=O)[C@@](NC(=O)c1ccco1)(Nc1cc(C)ccn1)C(F)(F)F. The fourth-order valence-corrected chi connectivity index (χ4v) is 2.07. The van der Waals surface area contributed by atoms with Gasteiger partial charge in [0.05, 0.1) is 12.9 Å². The van der Waals surface area contributed by atoms with Gasteiger partial charge in [-0.05, 0) is 43.7 Å². The molecule has 2 aromatic heterocycles. The Morgan fingerprint density at radius 2 is 2.04 bits per heavy atom. The maximum Gasteiger partial charge on any atom is 0.441 e. The van der Waals surface area contributed by atoms with E-state index in [4.69, 9.17) is 4.42 Å². The average molecular weight is 371 g/mol. The molecule has 0 bridgehead atoms. The van der Waals surface area contributed by atoms with Gasteiger partial charge in [0, 0.05) is 6.20 Å². The third kappa shape index (κ3) is 3.95. The lowest BCUT2D eigenvalue weighted by Gasteiger charge is -2.34. The Morgan fingerprint density at radius 3 is 2.58 bits per heavy atom. The number of carbonyl (C=O) groups excluding carboxylic acids is 2. The van der Waals surface area contributed by atoms with Crippen LogP contribution in [0.2, 0.25) is 0 Å². The number of alkyl halides is 3. The van der Waals surface area contributed by atoms with Gasteiger partial charge in [-0.15, -0.1) is 0 Å². The molecule has 0 aliphatic rings. The van der Waals surface area contributed by atoms with Crippen LogP contribution in [0.5, 0.6) is 0 Å². The van der Waals surface area contributed by atoms with Gasteiger partial charge >= 0.3 is 17.8 Å². The molecule has 2 rings (SSSR count). The zero-order valence-corrected chi connectivity index (χ0v) is 13.9. The van der Waals surface area contributed by atoms with Gasteiger partial charge in [0.25, 0.3) is 5.91 Å². The van der Waals surface area contributed by atoms with Crippen molar-refractivity contribution in [3.8, 4) is 0 Å². The van der Waals surface area contributed by atoms with Crippen LogP contribution in [-0.2, 0) is 9.53 Å². The number of aryl methyl sites for hydroxylation is 1. The summed E-state index contributed by atoms with van der Waals surface area (Å²) in [5, 5.41) is 3.61. The minimum atomic E-state index is -5.24. The van der Waals surface area contributed by atoms with Crippen molar-refractivity contribution >= 4 is 17.7 Å². The molecule has 1 amide bonds. The summed E-state index contributed by atoms with van der Waals surface area (Å²) in [4.78, 5) is 28.1. The first-order valence-corrected chi connectivity index (χ1v) is 7.50. The van der Waals surface area contributed by atoms with Crippen molar-refractivity contribution in [2.75, 3.05) is 11.9 Å². The maximum atomic E-state index is 13.9. The summed E-state index contributed by atoms with van der Waals surface area (Å²) in [6, 6.07) is 5.33. The standard InChI is InChI=1S/C16H16F3N3O4/c1-3-25-14(24)15(16(17,18)19,21-12-9-10(2)6-7-20-12)22-13(23)11-5-4-8-26-11/h4-9H,3H2,1-2H3,(H,20,21)(H,22,23)/t15-/m0/s1. The van der Waals surface area contributed by atoms with Crippen molar-refractivity contribution in [2.24, 2.45) is 0 Å². The van der Waals surface area contributed by atoms with E-state index in [0.717, 1.165) is 12.3 Å². The Labute approximate surface area is 146 Å². The van der Waals surface area contributed by atoms with Crippen LogP contribution in [-0.4, -0.2) is 35.3 Å². The number of halogens is 3. The molecule has 0 aliphatic heterocycles. The lowest BCUT2D eigenvalue weighted by Crippen LogP contribution is -2.69. The molecule has 140 valence electrons. The number of amides is 1. The van der Waals surface area contributed by atoms with Crippen molar-refractivity contribution in [2.45, 2.75) is 25.7 Å². The van der Waals surface area contributed by atoms with E-state index in [1.165, 1.54) is 25.3 Å². The van der Waals surface area contributed by atoms with Crippen LogP contribution < -0.4 is 10.6 Å². The summed E-state index contributed by atoms with van der Waals surface area (Å²) in [6.07, 6.45) is -2.87. The van der Waals surface area contributed by atoms with E-state index >= 15 is 0 Å². The maximum absolute atomic E-state index is 13.9. The molecular weight excluding hydrogens is 355 g/mol. The number of nitrogens with one attached hydrogen (secondary N) is 2. The first kappa shape index (κ1) is 19.3. The lowest BCUT2D eigenvalue weighted by atomic mass is 10.1. The van der Waals surface area contributed by atoms with Crippen LogP contribution in [0.25, 0.3) is 0 Å². The van der Waals surface area contributed by atoms with Crippen LogP contribution in [0.3, 0.4) is 0 Å². The van der Waals surface area contributed by atoms with Crippen molar-refractivity contribution in [3.05, 3.63) is 48.0 Å². The predicted octanol–water partition coefficient (Wildman–Crippen LogP) is 2.65. The quantitative estimate of drug-likeness (QED) is 0.599. The molecule has 26 heavy (non-hydrogen) atoms. The molecule has 2 heterocycles. The van der Waals surface area contributed by atoms with Gasteiger partial charge in [0.15, 0.2) is 5.76 Å². The van der Waals surface area contributed by atoms with Crippen molar-refractivity contribution in [1.82, 2.24) is 10.3 Å². The van der Waals surface area contributed by atoms with Crippen LogP contribution in [0, 0.1) is 6.92 Å². The minimum Gasteiger partial charge on any atom is -0.463 e. The van der Waals surface area contributed by atoms with Gasteiger partial charge in [-0.3, -0.25) is 4.79 Å². The number of hydrogen-bond donors (Lipinski definition) is 2. The third-order valence-corrected chi connectivity index (χ3v) is 3.28. The topological polar surface area (TPSA) is 93.5 Å². The van der Waals surface area contributed by atoms with Crippen LogP contribution in [0.4, 0.5) is 19.0 Å². The first-order chi connectivity index (χ1) is 12.2. The zero-order chi connectivity index (χ0) is 19.4. The fraction of sp³-hybridized carbons (Fsp3) is 0.312. The number of ether oxygens (including phenoxy) is 1. The van der Waals surface area contributed by atoms with E-state index in [1.54, 1.807) is 18.3 Å². The Morgan fingerprint density at radius 1 is 1.31 bits per heavy atom. The molecule has 0 aliphatic carbocycles. The molecule has 1 atom stereocenters. The minimum absolute atomic E-state index is 0.268. The van der Waals surface area contributed by atoms with Crippen LogP contribution >= 0.6 is 0 Å². The normalized spacial score (nSPS) is 13.6. The zero-order valence-electron chi connectivity index (χ0n) is 13.9. The van der Waals surface area contributed by atoms with Crippen molar-refractivity contribution < 1.29 is 31.9 Å². The molecule has 0 fully saturated rings. The van der Waals surface area contributed by atoms with Gasteiger partial charge < -0.3 is 19.8 Å². The molecule has 0 saturated heterocycles. The summed E-state index contributed by atoms with van der Waals surface area (Å²) in [6.45, 7) is 2.66. The first-order valence-electron chi connectivity index (χ1n) is 7.50. The number of furan rings is 1. The highest BCUT2D eigenvalue weighted by molar-refractivity contribution is 5.97. The summed E-state index contributed by atoms with van der Waals surface area (Å²) in [5.41, 5.74) is -2.95. The number of hydrogen-bond acceptors (Lipinski definition) is 6. The number of pyridine rings is 1. The van der Waals surface area contributed by atoms with Crippen LogP contribution in [0.1, 0.15) is 23.0 Å². The highest BCUT2D eigenvalue weighted by Gasteiger charge is 2.64. The van der Waals surface area contributed by atoms with Gasteiger partial charge in [-0.1, -0.05) is 0 Å². The highest BCUT2D eigenvalue weighted by Crippen LogP contribution is 2.33. The molecular formula is C16H16F3N3O4.